The first-order chi connectivity index (χ1) is 11.9. The highest BCUT2D eigenvalue weighted by Crippen LogP contribution is 2.27. The quantitative estimate of drug-likeness (QED) is 0.831. The molecule has 132 valence electrons. The van der Waals surface area contributed by atoms with Crippen LogP contribution in [0, 0.1) is 0 Å². The maximum absolute atomic E-state index is 12.2. The number of amides is 2. The summed E-state index contributed by atoms with van der Waals surface area (Å²) in [6.45, 7) is 1.64. The fourth-order valence-corrected chi connectivity index (χ4v) is 2.47. The van der Waals surface area contributed by atoms with Crippen LogP contribution in [-0.4, -0.2) is 25.5 Å². The third kappa shape index (κ3) is 5.37. The van der Waals surface area contributed by atoms with E-state index in [0.29, 0.717) is 22.3 Å². The molecule has 0 aliphatic rings. The Hall–Kier alpha value is -2.24. The Labute approximate surface area is 156 Å². The number of anilines is 1. The van der Waals surface area contributed by atoms with E-state index in [-0.39, 0.29) is 18.4 Å². The van der Waals surface area contributed by atoms with Crippen LogP contribution >= 0.6 is 23.2 Å². The summed E-state index contributed by atoms with van der Waals surface area (Å²) in [7, 11) is 1.59. The zero-order chi connectivity index (χ0) is 18.4. The van der Waals surface area contributed by atoms with Crippen molar-refractivity contribution in [1.82, 2.24) is 5.32 Å². The summed E-state index contributed by atoms with van der Waals surface area (Å²) in [6, 6.07) is 12.2. The first-order valence-corrected chi connectivity index (χ1v) is 8.29. The highest BCUT2D eigenvalue weighted by molar-refractivity contribution is 6.42. The molecule has 0 saturated heterocycles. The van der Waals surface area contributed by atoms with Gasteiger partial charge in [0.2, 0.25) is 11.8 Å². The summed E-state index contributed by atoms with van der Waals surface area (Å²) >= 11 is 11.9. The second kappa shape index (κ2) is 8.74. The van der Waals surface area contributed by atoms with Gasteiger partial charge in [0.05, 0.1) is 17.2 Å². The van der Waals surface area contributed by atoms with Crippen molar-refractivity contribution < 1.29 is 14.3 Å². The molecule has 0 atom stereocenters. The lowest BCUT2D eigenvalue weighted by molar-refractivity contribution is -0.123. The highest BCUT2D eigenvalue weighted by Gasteiger charge is 2.16. The van der Waals surface area contributed by atoms with Crippen molar-refractivity contribution in [3.05, 3.63) is 58.1 Å². The molecule has 0 bridgehead atoms. The number of carbonyl (C=O) groups excluding carboxylic acids is 2. The van der Waals surface area contributed by atoms with Gasteiger partial charge in [0, 0.05) is 19.2 Å². The predicted octanol–water partition coefficient (Wildman–Crippen LogP) is 3.67. The summed E-state index contributed by atoms with van der Waals surface area (Å²) in [5.74, 6) is 0.201. The van der Waals surface area contributed by atoms with E-state index in [9.17, 15) is 9.59 Å². The Balaban J connectivity index is 1.99. The van der Waals surface area contributed by atoms with Crippen LogP contribution in [0.4, 0.5) is 5.69 Å². The fraction of sp³-hybridized carbons (Fsp3) is 0.222. The number of methoxy groups -OCH3 is 1. The molecule has 0 heterocycles. The number of halogens is 2. The van der Waals surface area contributed by atoms with Crippen molar-refractivity contribution in [2.24, 2.45) is 0 Å². The number of carbonyl (C=O) groups is 2. The van der Waals surface area contributed by atoms with Crippen LogP contribution in [-0.2, 0) is 16.1 Å². The SMILES string of the molecule is COc1ccc(CNC(=O)CN(C(C)=O)c2ccc(Cl)c(Cl)c2)cc1. The van der Waals surface area contributed by atoms with Gasteiger partial charge in [0.25, 0.3) is 0 Å². The Kier molecular flexibility index (Phi) is 6.67. The number of nitrogens with zero attached hydrogens (tertiary/aromatic N) is 1. The van der Waals surface area contributed by atoms with Crippen LogP contribution in [0.1, 0.15) is 12.5 Å². The van der Waals surface area contributed by atoms with Gasteiger partial charge < -0.3 is 15.0 Å². The Morgan fingerprint density at radius 2 is 1.76 bits per heavy atom. The van der Waals surface area contributed by atoms with Gasteiger partial charge in [-0.2, -0.15) is 0 Å². The third-order valence-corrected chi connectivity index (χ3v) is 4.28. The molecule has 0 radical (unpaired) electrons. The average Bonchev–Trinajstić information content (AvgIpc) is 2.60. The molecule has 0 aliphatic heterocycles. The first-order valence-electron chi connectivity index (χ1n) is 7.53. The summed E-state index contributed by atoms with van der Waals surface area (Å²) in [6.07, 6.45) is 0. The minimum Gasteiger partial charge on any atom is -0.497 e. The lowest BCUT2D eigenvalue weighted by Gasteiger charge is -2.21. The summed E-state index contributed by atoms with van der Waals surface area (Å²) in [5, 5.41) is 3.49. The zero-order valence-electron chi connectivity index (χ0n) is 13.9. The van der Waals surface area contributed by atoms with Crippen LogP contribution < -0.4 is 15.0 Å². The van der Waals surface area contributed by atoms with Crippen molar-refractivity contribution in [3.8, 4) is 5.75 Å². The minimum absolute atomic E-state index is 0.108. The van der Waals surface area contributed by atoms with Crippen molar-refractivity contribution in [2.45, 2.75) is 13.5 Å². The molecule has 1 N–H and O–H groups in total. The highest BCUT2D eigenvalue weighted by atomic mass is 35.5. The number of hydrogen-bond acceptors (Lipinski definition) is 3. The van der Waals surface area contributed by atoms with Gasteiger partial charge in [-0.05, 0) is 35.9 Å². The van der Waals surface area contributed by atoms with Crippen LogP contribution in [0.25, 0.3) is 0 Å². The molecular formula is C18H18Cl2N2O3. The lowest BCUT2D eigenvalue weighted by Crippen LogP contribution is -2.39. The Morgan fingerprint density at radius 3 is 2.32 bits per heavy atom. The van der Waals surface area contributed by atoms with Crippen molar-refractivity contribution >= 4 is 40.7 Å². The predicted molar refractivity (Wildman–Crippen MR) is 99.3 cm³/mol. The molecule has 2 aromatic carbocycles. The number of hydrogen-bond donors (Lipinski definition) is 1. The maximum Gasteiger partial charge on any atom is 0.240 e. The molecule has 0 aliphatic carbocycles. The standard InChI is InChI=1S/C18H18Cl2N2O3/c1-12(23)22(14-5-8-16(19)17(20)9-14)11-18(24)21-10-13-3-6-15(25-2)7-4-13/h3-9H,10-11H2,1-2H3,(H,21,24). The largest absolute Gasteiger partial charge is 0.497 e. The van der Waals surface area contributed by atoms with E-state index in [2.05, 4.69) is 5.32 Å². The maximum atomic E-state index is 12.2. The molecule has 2 aromatic rings. The molecule has 0 aromatic heterocycles. The van der Waals surface area contributed by atoms with Crippen LogP contribution in [0.2, 0.25) is 10.0 Å². The van der Waals surface area contributed by atoms with Crippen LogP contribution in [0.5, 0.6) is 5.75 Å². The van der Waals surface area contributed by atoms with Gasteiger partial charge in [-0.3, -0.25) is 9.59 Å². The van der Waals surface area contributed by atoms with E-state index in [4.69, 9.17) is 27.9 Å². The molecule has 7 heteroatoms. The third-order valence-electron chi connectivity index (χ3n) is 3.55. The van der Waals surface area contributed by atoms with Crippen molar-refractivity contribution in [2.75, 3.05) is 18.6 Å². The van der Waals surface area contributed by atoms with E-state index in [1.807, 2.05) is 24.3 Å². The number of benzene rings is 2. The monoisotopic (exact) mass is 380 g/mol. The van der Waals surface area contributed by atoms with Crippen molar-refractivity contribution in [3.63, 3.8) is 0 Å². The van der Waals surface area contributed by atoms with Gasteiger partial charge in [0.1, 0.15) is 12.3 Å². The van der Waals surface area contributed by atoms with Gasteiger partial charge in [-0.25, -0.2) is 0 Å². The topological polar surface area (TPSA) is 58.6 Å². The van der Waals surface area contributed by atoms with E-state index in [0.717, 1.165) is 11.3 Å². The molecule has 2 amide bonds. The lowest BCUT2D eigenvalue weighted by atomic mass is 10.2. The molecule has 0 spiro atoms. The smallest absolute Gasteiger partial charge is 0.240 e. The summed E-state index contributed by atoms with van der Waals surface area (Å²) < 4.78 is 5.09. The Morgan fingerprint density at radius 1 is 1.08 bits per heavy atom. The first kappa shape index (κ1) is 19.1. The van der Waals surface area contributed by atoms with E-state index in [1.165, 1.54) is 11.8 Å². The van der Waals surface area contributed by atoms with Gasteiger partial charge in [0.15, 0.2) is 0 Å². The molecule has 2 rings (SSSR count). The average molecular weight is 381 g/mol. The van der Waals surface area contributed by atoms with Crippen LogP contribution in [0.3, 0.4) is 0 Å². The van der Waals surface area contributed by atoms with Crippen LogP contribution in [0.15, 0.2) is 42.5 Å². The van der Waals surface area contributed by atoms with E-state index < -0.39 is 0 Å². The molecular weight excluding hydrogens is 363 g/mol. The normalized spacial score (nSPS) is 10.2. The second-order valence-electron chi connectivity index (χ2n) is 5.33. The van der Waals surface area contributed by atoms with Gasteiger partial charge in [-0.15, -0.1) is 0 Å². The minimum atomic E-state index is -0.280. The van der Waals surface area contributed by atoms with E-state index in [1.54, 1.807) is 25.3 Å². The zero-order valence-corrected chi connectivity index (χ0v) is 15.4. The number of nitrogens with one attached hydrogen (secondary N) is 1. The van der Waals surface area contributed by atoms with E-state index >= 15 is 0 Å². The summed E-state index contributed by atoms with van der Waals surface area (Å²) in [5.41, 5.74) is 1.44. The fourth-order valence-electron chi connectivity index (χ4n) is 2.18. The molecule has 0 unspecified atom stereocenters. The second-order valence-corrected chi connectivity index (χ2v) is 6.14. The molecule has 0 saturated carbocycles. The molecule has 0 fully saturated rings. The van der Waals surface area contributed by atoms with Gasteiger partial charge in [-0.1, -0.05) is 35.3 Å². The number of rotatable bonds is 6. The van der Waals surface area contributed by atoms with Crippen molar-refractivity contribution in [1.29, 1.82) is 0 Å². The Bertz CT molecular complexity index is 763. The van der Waals surface area contributed by atoms with Gasteiger partial charge >= 0.3 is 0 Å². The molecule has 5 nitrogen and oxygen atoms in total. The number of ether oxygens (including phenoxy) is 1. The summed E-state index contributed by atoms with van der Waals surface area (Å²) in [4.78, 5) is 25.4. The molecule has 25 heavy (non-hydrogen) atoms.